The van der Waals surface area contributed by atoms with Crippen molar-refractivity contribution in [2.75, 3.05) is 11.4 Å². The van der Waals surface area contributed by atoms with Crippen molar-refractivity contribution >= 4 is 32.6 Å². The maximum Gasteiger partial charge on any atom is 0.361 e. The average molecular weight is 303 g/mol. The fourth-order valence-electron chi connectivity index (χ4n) is 0.816. The highest BCUT2D eigenvalue weighted by Crippen LogP contribution is 2.55. The molecule has 17 heavy (non-hydrogen) atoms. The normalized spacial score (nSPS) is 15.3. The molecular formula is C6H9ClN2O6P2. The number of hydrogen-bond donors (Lipinski definition) is 4. The highest BCUT2D eigenvalue weighted by atomic mass is 35.5. The molecule has 1 aromatic heterocycles. The van der Waals surface area contributed by atoms with Crippen molar-refractivity contribution in [2.45, 2.75) is 0 Å². The molecule has 0 bridgehead atoms. The third-order valence-corrected chi connectivity index (χ3v) is 4.89. The van der Waals surface area contributed by atoms with Crippen LogP contribution in [0.5, 0.6) is 0 Å². The largest absolute Gasteiger partial charge is 0.361 e. The van der Waals surface area contributed by atoms with E-state index in [1.807, 2.05) is 5.48 Å². The molecule has 96 valence electrons. The molecule has 1 rings (SSSR count). The fourth-order valence-corrected chi connectivity index (χ4v) is 3.26. The summed E-state index contributed by atoms with van der Waals surface area (Å²) in [6.45, 7) is 0. The molecule has 11 heteroatoms. The van der Waals surface area contributed by atoms with E-state index >= 15 is 0 Å². The van der Waals surface area contributed by atoms with Gasteiger partial charge in [0, 0.05) is 6.20 Å². The molecule has 0 aliphatic carbocycles. The van der Waals surface area contributed by atoms with E-state index in [1.165, 1.54) is 18.3 Å². The highest BCUT2D eigenvalue weighted by molar-refractivity contribution is 7.70. The Morgan fingerprint density at radius 3 is 2.47 bits per heavy atom. The molecule has 0 spiro atoms. The van der Waals surface area contributed by atoms with Gasteiger partial charge in [0.15, 0.2) is 5.90 Å². The number of rotatable bonds is 5. The van der Waals surface area contributed by atoms with Gasteiger partial charge < -0.3 is 14.7 Å². The Bertz CT molecular complexity index is 474. The third kappa shape index (κ3) is 6.14. The molecule has 0 aliphatic heterocycles. The van der Waals surface area contributed by atoms with Crippen molar-refractivity contribution in [3.63, 3.8) is 0 Å². The van der Waals surface area contributed by atoms with Crippen LogP contribution < -0.4 is 5.48 Å². The zero-order valence-corrected chi connectivity index (χ0v) is 10.8. The van der Waals surface area contributed by atoms with Gasteiger partial charge in [-0.25, -0.2) is 10.5 Å². The Labute approximate surface area is 101 Å². The van der Waals surface area contributed by atoms with Gasteiger partial charge in [0.1, 0.15) is 5.82 Å². The first-order chi connectivity index (χ1) is 7.68. The van der Waals surface area contributed by atoms with Gasteiger partial charge in [0.25, 0.3) is 0 Å². The number of anilines is 1. The topological polar surface area (TPSA) is 129 Å². The maximum absolute atomic E-state index is 11.2. The van der Waals surface area contributed by atoms with Crippen molar-refractivity contribution in [1.29, 1.82) is 0 Å². The summed E-state index contributed by atoms with van der Waals surface area (Å²) in [6.07, 6.45) is 1.26. The summed E-state index contributed by atoms with van der Waals surface area (Å²) in [4.78, 5) is 29.8. The van der Waals surface area contributed by atoms with Gasteiger partial charge in [-0.1, -0.05) is 11.6 Å². The molecule has 0 saturated carbocycles. The molecule has 0 radical (unpaired) electrons. The van der Waals surface area contributed by atoms with Crippen molar-refractivity contribution in [3.05, 3.63) is 23.4 Å². The van der Waals surface area contributed by atoms with Gasteiger partial charge in [-0.2, -0.15) is 4.62 Å². The van der Waals surface area contributed by atoms with Crippen molar-refractivity contribution in [1.82, 2.24) is 4.98 Å². The van der Waals surface area contributed by atoms with E-state index in [9.17, 15) is 9.13 Å². The quantitative estimate of drug-likeness (QED) is 0.474. The van der Waals surface area contributed by atoms with E-state index in [1.54, 1.807) is 0 Å². The molecule has 1 unspecified atom stereocenters. The first kappa shape index (κ1) is 14.6. The molecule has 0 aromatic carbocycles. The third-order valence-electron chi connectivity index (χ3n) is 1.38. The van der Waals surface area contributed by atoms with E-state index < -0.39 is 21.1 Å². The minimum Gasteiger partial charge on any atom is -0.324 e. The Kier molecular flexibility index (Phi) is 4.69. The zero-order chi connectivity index (χ0) is 13.1. The number of halogens is 1. The highest BCUT2D eigenvalue weighted by Gasteiger charge is 2.31. The van der Waals surface area contributed by atoms with Crippen LogP contribution in [0.25, 0.3) is 0 Å². The summed E-state index contributed by atoms with van der Waals surface area (Å²) >= 11 is 5.55. The molecule has 1 heterocycles. The summed E-state index contributed by atoms with van der Waals surface area (Å²) < 4.78 is 26.0. The van der Waals surface area contributed by atoms with Crippen molar-refractivity contribution in [2.24, 2.45) is 0 Å². The van der Waals surface area contributed by atoms with E-state index in [2.05, 4.69) is 9.61 Å². The lowest BCUT2D eigenvalue weighted by molar-refractivity contribution is 0.309. The molecule has 1 atom stereocenters. The fraction of sp³-hybridized carbons (Fsp3) is 0.167. The second-order valence-electron chi connectivity index (χ2n) is 3.00. The Morgan fingerprint density at radius 2 is 2.00 bits per heavy atom. The Morgan fingerprint density at radius 1 is 1.35 bits per heavy atom. The molecule has 0 amide bonds. The van der Waals surface area contributed by atoms with Gasteiger partial charge in [0.05, 0.1) is 5.02 Å². The smallest absolute Gasteiger partial charge is 0.324 e. The zero-order valence-electron chi connectivity index (χ0n) is 8.23. The standard InChI is InChI=1S/C6H9ClN2O6P2/c7-5-1-2-6(8-3-5)9-15-17(13,14)4-16(10,11)12/h1-3H,4H2,(H,8,9)(H,13,14)(H2,10,11,12). The number of nitrogens with one attached hydrogen (secondary N) is 1. The summed E-state index contributed by atoms with van der Waals surface area (Å²) in [6, 6.07) is 2.81. The van der Waals surface area contributed by atoms with Gasteiger partial charge in [-0.15, -0.1) is 0 Å². The van der Waals surface area contributed by atoms with Crippen LogP contribution in [0.1, 0.15) is 0 Å². The number of nitrogens with zero attached hydrogens (tertiary/aromatic N) is 1. The van der Waals surface area contributed by atoms with E-state index in [0.29, 0.717) is 5.02 Å². The summed E-state index contributed by atoms with van der Waals surface area (Å²) in [5, 5.41) is 0.359. The molecule has 0 aliphatic rings. The van der Waals surface area contributed by atoms with Crippen LogP contribution in [0.2, 0.25) is 5.02 Å². The van der Waals surface area contributed by atoms with Gasteiger partial charge in [-0.05, 0) is 12.1 Å². The van der Waals surface area contributed by atoms with E-state index in [0.717, 1.165) is 0 Å². The van der Waals surface area contributed by atoms with Crippen molar-refractivity contribution < 1.29 is 28.4 Å². The number of aromatic nitrogens is 1. The first-order valence-electron chi connectivity index (χ1n) is 4.10. The molecule has 1 aromatic rings. The van der Waals surface area contributed by atoms with Crippen LogP contribution in [0.15, 0.2) is 18.3 Å². The van der Waals surface area contributed by atoms with E-state index in [4.69, 9.17) is 26.3 Å². The minimum absolute atomic E-state index is 0.0781. The summed E-state index contributed by atoms with van der Waals surface area (Å²) in [7, 11) is -9.07. The van der Waals surface area contributed by atoms with Crippen LogP contribution in [-0.2, 0) is 13.8 Å². The minimum atomic E-state index is -4.64. The second kappa shape index (κ2) is 5.46. The van der Waals surface area contributed by atoms with E-state index in [-0.39, 0.29) is 5.82 Å². The summed E-state index contributed by atoms with van der Waals surface area (Å²) in [5.41, 5.74) is 2.01. The number of hydrogen-bond acceptors (Lipinski definition) is 5. The monoisotopic (exact) mass is 302 g/mol. The molecule has 0 saturated heterocycles. The van der Waals surface area contributed by atoms with Crippen LogP contribution in [0.3, 0.4) is 0 Å². The SMILES string of the molecule is O=P(O)(O)CP(=O)(O)ONc1ccc(Cl)cn1. The lowest BCUT2D eigenvalue weighted by Crippen LogP contribution is -2.03. The Balaban J connectivity index is 2.58. The lowest BCUT2D eigenvalue weighted by atomic mass is 10.5. The van der Waals surface area contributed by atoms with Gasteiger partial charge in [0.2, 0.25) is 0 Å². The first-order valence-corrected chi connectivity index (χ1v) is 8.04. The van der Waals surface area contributed by atoms with Crippen LogP contribution in [0, 0.1) is 0 Å². The summed E-state index contributed by atoms with van der Waals surface area (Å²) in [5.74, 6) is -1.20. The molecule has 8 nitrogen and oxygen atoms in total. The van der Waals surface area contributed by atoms with Gasteiger partial charge >= 0.3 is 15.2 Å². The molecular weight excluding hydrogens is 293 g/mol. The van der Waals surface area contributed by atoms with Crippen LogP contribution >= 0.6 is 26.8 Å². The van der Waals surface area contributed by atoms with Crippen molar-refractivity contribution in [3.8, 4) is 0 Å². The second-order valence-corrected chi connectivity index (χ2v) is 7.35. The predicted octanol–water partition coefficient (Wildman–Crippen LogP) is 1.40. The molecule has 0 fully saturated rings. The predicted molar refractivity (Wildman–Crippen MR) is 60.7 cm³/mol. The van der Waals surface area contributed by atoms with Crippen LogP contribution in [0.4, 0.5) is 5.82 Å². The maximum atomic E-state index is 11.2. The Hall–Kier alpha value is -0.460. The van der Waals surface area contributed by atoms with Crippen LogP contribution in [-0.4, -0.2) is 25.6 Å². The molecule has 4 N–H and O–H groups in total. The lowest BCUT2D eigenvalue weighted by Gasteiger charge is -2.12. The number of pyridine rings is 1. The van der Waals surface area contributed by atoms with Gasteiger partial charge in [-0.3, -0.25) is 9.13 Å². The average Bonchev–Trinajstić information content (AvgIpc) is 2.13.